The van der Waals surface area contributed by atoms with Gasteiger partial charge in [-0.2, -0.15) is 0 Å². The minimum Gasteiger partial charge on any atom is -0.495 e. The van der Waals surface area contributed by atoms with E-state index < -0.39 is 0 Å². The second-order valence-corrected chi connectivity index (χ2v) is 4.69. The smallest absolute Gasteiger partial charge is 0.148 e. The van der Waals surface area contributed by atoms with Gasteiger partial charge >= 0.3 is 0 Å². The molecular weight excluding hydrogens is 247 g/mol. The lowest BCUT2D eigenvalue weighted by atomic mass is 10.1. The van der Waals surface area contributed by atoms with Crippen molar-refractivity contribution in [1.29, 1.82) is 0 Å². The normalized spacial score (nSPS) is 16.7. The van der Waals surface area contributed by atoms with Crippen LogP contribution < -0.4 is 15.4 Å². The Hall–Kier alpha value is -1.49. The summed E-state index contributed by atoms with van der Waals surface area (Å²) in [5, 5.41) is 0. The Bertz CT molecular complexity index is 432. The number of ether oxygens (including phenoxy) is 2. The molecule has 5 heteroatoms. The van der Waals surface area contributed by atoms with Crippen LogP contribution in [0.5, 0.6) is 5.75 Å². The molecule has 0 unspecified atom stereocenters. The van der Waals surface area contributed by atoms with Crippen molar-refractivity contribution in [3.63, 3.8) is 0 Å². The molecular formula is C14H21FN2O2. The zero-order chi connectivity index (χ0) is 13.8. The van der Waals surface area contributed by atoms with Crippen LogP contribution in [-0.2, 0) is 4.74 Å². The number of nitrogens with two attached hydrogens (primary N) is 1. The first kappa shape index (κ1) is 13.9. The molecule has 106 valence electrons. The predicted octanol–water partition coefficient (Wildman–Crippen LogP) is 2.42. The van der Waals surface area contributed by atoms with Gasteiger partial charge in [-0.05, 0) is 19.8 Å². The molecule has 0 amide bonds. The zero-order valence-corrected chi connectivity index (χ0v) is 11.5. The van der Waals surface area contributed by atoms with Gasteiger partial charge in [0.15, 0.2) is 0 Å². The second-order valence-electron chi connectivity index (χ2n) is 4.69. The molecule has 1 saturated heterocycles. The van der Waals surface area contributed by atoms with E-state index in [-0.39, 0.29) is 5.82 Å². The highest BCUT2D eigenvalue weighted by atomic mass is 19.1. The molecule has 0 aromatic heterocycles. The first-order chi connectivity index (χ1) is 9.15. The summed E-state index contributed by atoms with van der Waals surface area (Å²) in [5.74, 6) is 0.219. The van der Waals surface area contributed by atoms with Gasteiger partial charge in [-0.15, -0.1) is 0 Å². The van der Waals surface area contributed by atoms with Crippen LogP contribution in [0.25, 0.3) is 0 Å². The van der Waals surface area contributed by atoms with E-state index in [4.69, 9.17) is 15.2 Å². The molecule has 2 rings (SSSR count). The summed E-state index contributed by atoms with van der Waals surface area (Å²) in [4.78, 5) is 2.02. The van der Waals surface area contributed by atoms with Gasteiger partial charge in [-0.1, -0.05) is 0 Å². The highest BCUT2D eigenvalue weighted by Crippen LogP contribution is 2.32. The molecule has 0 aliphatic carbocycles. The summed E-state index contributed by atoms with van der Waals surface area (Å²) in [7, 11) is 1.54. The summed E-state index contributed by atoms with van der Waals surface area (Å²) in [6.07, 6.45) is 2.12. The number of benzene rings is 1. The Kier molecular flexibility index (Phi) is 4.47. The molecule has 1 heterocycles. The summed E-state index contributed by atoms with van der Waals surface area (Å²) < 4.78 is 24.7. The van der Waals surface area contributed by atoms with Crippen molar-refractivity contribution < 1.29 is 13.9 Å². The van der Waals surface area contributed by atoms with Gasteiger partial charge in [0, 0.05) is 31.8 Å². The minimum absolute atomic E-state index is 0.292. The van der Waals surface area contributed by atoms with E-state index >= 15 is 0 Å². The third kappa shape index (κ3) is 3.10. The van der Waals surface area contributed by atoms with Crippen molar-refractivity contribution in [2.45, 2.75) is 25.9 Å². The molecule has 1 aromatic carbocycles. The highest BCUT2D eigenvalue weighted by Gasteiger charge is 2.22. The SMILES string of the molecule is CCOC1CCN(c2cc(OC)c(N)cc2F)CC1. The van der Waals surface area contributed by atoms with Gasteiger partial charge in [0.05, 0.1) is 24.6 Å². The Morgan fingerprint density at radius 1 is 1.37 bits per heavy atom. The number of anilines is 2. The number of piperidine rings is 1. The van der Waals surface area contributed by atoms with E-state index in [0.29, 0.717) is 23.2 Å². The van der Waals surface area contributed by atoms with Gasteiger partial charge in [0.1, 0.15) is 11.6 Å². The quantitative estimate of drug-likeness (QED) is 0.852. The maximum Gasteiger partial charge on any atom is 0.148 e. The van der Waals surface area contributed by atoms with Crippen LogP contribution in [0.4, 0.5) is 15.8 Å². The Morgan fingerprint density at radius 3 is 2.63 bits per heavy atom. The number of hydrogen-bond acceptors (Lipinski definition) is 4. The molecule has 0 radical (unpaired) electrons. The van der Waals surface area contributed by atoms with Crippen LogP contribution >= 0.6 is 0 Å². The van der Waals surface area contributed by atoms with Crippen molar-refractivity contribution in [3.05, 3.63) is 17.9 Å². The molecule has 0 atom stereocenters. The summed E-state index contributed by atoms with van der Waals surface area (Å²) >= 11 is 0. The molecule has 0 saturated carbocycles. The van der Waals surface area contributed by atoms with Crippen LogP contribution in [0.3, 0.4) is 0 Å². The van der Waals surface area contributed by atoms with Gasteiger partial charge < -0.3 is 20.1 Å². The van der Waals surface area contributed by atoms with E-state index in [0.717, 1.165) is 32.5 Å². The highest BCUT2D eigenvalue weighted by molar-refractivity contribution is 5.63. The van der Waals surface area contributed by atoms with Crippen LogP contribution in [0.2, 0.25) is 0 Å². The first-order valence-electron chi connectivity index (χ1n) is 6.65. The fourth-order valence-electron chi connectivity index (χ4n) is 2.48. The molecule has 1 aliphatic rings. The molecule has 0 spiro atoms. The monoisotopic (exact) mass is 268 g/mol. The lowest BCUT2D eigenvalue weighted by molar-refractivity contribution is 0.0458. The van der Waals surface area contributed by atoms with Crippen molar-refractivity contribution in [3.8, 4) is 5.75 Å². The maximum atomic E-state index is 14.0. The van der Waals surface area contributed by atoms with Crippen molar-refractivity contribution >= 4 is 11.4 Å². The fraction of sp³-hybridized carbons (Fsp3) is 0.571. The van der Waals surface area contributed by atoms with E-state index in [1.165, 1.54) is 13.2 Å². The summed E-state index contributed by atoms with van der Waals surface area (Å²) in [6, 6.07) is 2.99. The van der Waals surface area contributed by atoms with Crippen molar-refractivity contribution in [2.75, 3.05) is 37.4 Å². The number of halogens is 1. The first-order valence-corrected chi connectivity index (χ1v) is 6.65. The van der Waals surface area contributed by atoms with Gasteiger partial charge in [-0.25, -0.2) is 4.39 Å². The third-order valence-electron chi connectivity index (χ3n) is 3.48. The molecule has 2 N–H and O–H groups in total. The van der Waals surface area contributed by atoms with Crippen LogP contribution in [0, 0.1) is 5.82 Å². The molecule has 1 aromatic rings. The number of nitrogens with zero attached hydrogens (tertiary/aromatic N) is 1. The van der Waals surface area contributed by atoms with Crippen LogP contribution in [-0.4, -0.2) is 32.9 Å². The molecule has 19 heavy (non-hydrogen) atoms. The molecule has 4 nitrogen and oxygen atoms in total. The minimum atomic E-state index is -0.298. The Morgan fingerprint density at radius 2 is 2.05 bits per heavy atom. The molecule has 0 bridgehead atoms. The van der Waals surface area contributed by atoms with Crippen LogP contribution in [0.1, 0.15) is 19.8 Å². The number of nitrogen functional groups attached to an aromatic ring is 1. The molecule has 1 fully saturated rings. The zero-order valence-electron chi connectivity index (χ0n) is 11.5. The lowest BCUT2D eigenvalue weighted by Gasteiger charge is -2.33. The Balaban J connectivity index is 2.11. The van der Waals surface area contributed by atoms with E-state index in [9.17, 15) is 4.39 Å². The second kappa shape index (κ2) is 6.10. The van der Waals surface area contributed by atoms with E-state index in [1.54, 1.807) is 6.07 Å². The molecule has 1 aliphatic heterocycles. The van der Waals surface area contributed by atoms with E-state index in [1.807, 2.05) is 11.8 Å². The fourth-order valence-corrected chi connectivity index (χ4v) is 2.48. The standard InChI is InChI=1S/C14H21FN2O2/c1-3-19-10-4-6-17(7-5-10)13-9-14(18-2)12(16)8-11(13)15/h8-10H,3-7,16H2,1-2H3. The van der Waals surface area contributed by atoms with Crippen molar-refractivity contribution in [1.82, 2.24) is 0 Å². The average molecular weight is 268 g/mol. The predicted molar refractivity (Wildman–Crippen MR) is 74.2 cm³/mol. The maximum absolute atomic E-state index is 14.0. The van der Waals surface area contributed by atoms with E-state index in [2.05, 4.69) is 0 Å². The Labute approximate surface area is 113 Å². The van der Waals surface area contributed by atoms with Crippen molar-refractivity contribution in [2.24, 2.45) is 0 Å². The topological polar surface area (TPSA) is 47.7 Å². The summed E-state index contributed by atoms with van der Waals surface area (Å²) in [6.45, 7) is 4.30. The summed E-state index contributed by atoms with van der Waals surface area (Å²) in [5.41, 5.74) is 6.57. The van der Waals surface area contributed by atoms with Gasteiger partial charge in [0.2, 0.25) is 0 Å². The lowest BCUT2D eigenvalue weighted by Crippen LogP contribution is -2.37. The number of hydrogen-bond donors (Lipinski definition) is 1. The van der Waals surface area contributed by atoms with Crippen LogP contribution in [0.15, 0.2) is 12.1 Å². The number of rotatable bonds is 4. The average Bonchev–Trinajstić information content (AvgIpc) is 2.41. The number of methoxy groups -OCH3 is 1. The van der Waals surface area contributed by atoms with Gasteiger partial charge in [0.25, 0.3) is 0 Å². The largest absolute Gasteiger partial charge is 0.495 e. The third-order valence-corrected chi connectivity index (χ3v) is 3.48. The van der Waals surface area contributed by atoms with Gasteiger partial charge in [-0.3, -0.25) is 0 Å².